The van der Waals surface area contributed by atoms with Gasteiger partial charge in [-0.15, -0.1) is 11.3 Å². The SMILES string of the molecule is Cc1ncsc1-c1ccc(CNC(=O)[C@@H]2C[C@@H](O)CN2C(=O)C(NC(=O)COCCCOCCCCOc2ccc(N3C(=S)N(c4cnc(C#N)c(Cl)c4)C(=O)C3(C)C)cc2)C(C)(C)C)cc1. The summed E-state index contributed by atoms with van der Waals surface area (Å²) in [6, 6.07) is 16.8. The number of aromatic nitrogens is 2. The largest absolute Gasteiger partial charge is 0.494 e. The summed E-state index contributed by atoms with van der Waals surface area (Å²) in [6.07, 6.45) is 2.72. The Balaban J connectivity index is 0.856. The van der Waals surface area contributed by atoms with Crippen molar-refractivity contribution in [3.05, 3.63) is 88.3 Å². The number of nitrogens with one attached hydrogen (secondary N) is 2. The van der Waals surface area contributed by atoms with Crippen LogP contribution in [0.3, 0.4) is 0 Å². The average Bonchev–Trinajstić information content (AvgIpc) is 3.96. The second-order valence-electron chi connectivity index (χ2n) is 18.0. The molecular formula is C48H57ClN8O8S2. The van der Waals surface area contributed by atoms with Gasteiger partial charge in [0, 0.05) is 45.0 Å². The molecule has 4 amide bonds. The second kappa shape index (κ2) is 22.5. The number of aliphatic hydroxyl groups excluding tert-OH is 1. The molecule has 3 N–H and O–H groups in total. The van der Waals surface area contributed by atoms with Crippen LogP contribution in [0.2, 0.25) is 5.02 Å². The minimum absolute atomic E-state index is 0.0166. The van der Waals surface area contributed by atoms with Crippen molar-refractivity contribution in [2.45, 2.75) is 97.5 Å². The van der Waals surface area contributed by atoms with Crippen molar-refractivity contribution in [1.29, 1.82) is 5.26 Å². The highest BCUT2D eigenvalue weighted by atomic mass is 35.5. The number of hydrogen-bond acceptors (Lipinski definition) is 13. The first-order valence-electron chi connectivity index (χ1n) is 22.1. The first-order chi connectivity index (χ1) is 31.9. The maximum atomic E-state index is 13.9. The van der Waals surface area contributed by atoms with E-state index < -0.39 is 41.0 Å². The van der Waals surface area contributed by atoms with Gasteiger partial charge in [0.2, 0.25) is 17.7 Å². The van der Waals surface area contributed by atoms with Crippen molar-refractivity contribution in [1.82, 2.24) is 25.5 Å². The number of thiocarbonyl (C=S) groups is 1. The summed E-state index contributed by atoms with van der Waals surface area (Å²) in [5.41, 5.74) is 4.17. The van der Waals surface area contributed by atoms with Crippen LogP contribution < -0.4 is 25.2 Å². The summed E-state index contributed by atoms with van der Waals surface area (Å²) < 4.78 is 17.3. The fraction of sp³-hybridized carbons (Fsp3) is 0.458. The molecule has 0 spiro atoms. The number of amides is 4. The van der Waals surface area contributed by atoms with Crippen molar-refractivity contribution in [3.63, 3.8) is 0 Å². The van der Waals surface area contributed by atoms with Gasteiger partial charge >= 0.3 is 0 Å². The molecular weight excluding hydrogens is 916 g/mol. The summed E-state index contributed by atoms with van der Waals surface area (Å²) >= 11 is 13.5. The van der Waals surface area contributed by atoms with Gasteiger partial charge in [-0.05, 0) is 99.1 Å². The number of β-amino-alcohol motifs (C(OH)–C–C–N with tert-alkyl or cyclic N) is 1. The molecule has 2 saturated heterocycles. The summed E-state index contributed by atoms with van der Waals surface area (Å²) in [6.45, 7) is 12.7. The van der Waals surface area contributed by atoms with Crippen molar-refractivity contribution in [3.8, 4) is 22.3 Å². The quantitative estimate of drug-likeness (QED) is 0.0655. The predicted molar refractivity (Wildman–Crippen MR) is 260 cm³/mol. The number of aryl methyl sites for hydroxylation is 1. The van der Waals surface area contributed by atoms with Crippen LogP contribution in [-0.2, 0) is 35.2 Å². The number of rotatable bonds is 20. The summed E-state index contributed by atoms with van der Waals surface area (Å²) in [5.74, 6) is -0.868. The zero-order chi connectivity index (χ0) is 48.5. The van der Waals surface area contributed by atoms with Crippen molar-refractivity contribution in [2.75, 3.05) is 49.4 Å². The molecule has 0 saturated carbocycles. The molecule has 2 aromatic heterocycles. The Bertz CT molecular complexity index is 2450. The molecule has 16 nitrogen and oxygen atoms in total. The van der Waals surface area contributed by atoms with Gasteiger partial charge in [0.05, 0.1) is 45.7 Å². The van der Waals surface area contributed by atoms with Crippen LogP contribution >= 0.6 is 35.2 Å². The van der Waals surface area contributed by atoms with E-state index in [2.05, 4.69) is 20.6 Å². The molecule has 2 aromatic carbocycles. The molecule has 67 heavy (non-hydrogen) atoms. The van der Waals surface area contributed by atoms with E-state index in [0.29, 0.717) is 43.4 Å². The van der Waals surface area contributed by atoms with E-state index in [0.717, 1.165) is 34.5 Å². The fourth-order valence-electron chi connectivity index (χ4n) is 7.79. The molecule has 3 atom stereocenters. The molecule has 4 heterocycles. The number of unbranched alkanes of at least 4 members (excludes halogenated alkanes) is 1. The molecule has 0 bridgehead atoms. The second-order valence-corrected chi connectivity index (χ2v) is 19.6. The highest BCUT2D eigenvalue weighted by Gasteiger charge is 2.50. The van der Waals surface area contributed by atoms with Crippen LogP contribution in [0.1, 0.15) is 77.3 Å². The van der Waals surface area contributed by atoms with E-state index >= 15 is 0 Å². The molecule has 2 fully saturated rings. The Labute approximate surface area is 405 Å². The number of aliphatic hydroxyl groups is 1. The Morgan fingerprint density at radius 2 is 1.70 bits per heavy atom. The van der Waals surface area contributed by atoms with Gasteiger partial charge in [-0.3, -0.25) is 24.1 Å². The third-order valence-electron chi connectivity index (χ3n) is 11.4. The van der Waals surface area contributed by atoms with Crippen LogP contribution in [0.15, 0.2) is 66.3 Å². The van der Waals surface area contributed by atoms with Crippen molar-refractivity contribution >= 4 is 75.3 Å². The average molecular weight is 974 g/mol. The highest BCUT2D eigenvalue weighted by Crippen LogP contribution is 2.38. The maximum Gasteiger partial charge on any atom is 0.259 e. The minimum Gasteiger partial charge on any atom is -0.494 e. The van der Waals surface area contributed by atoms with E-state index in [1.165, 1.54) is 22.1 Å². The summed E-state index contributed by atoms with van der Waals surface area (Å²) in [4.78, 5) is 67.8. The molecule has 2 aliphatic rings. The van der Waals surface area contributed by atoms with E-state index in [9.17, 15) is 29.5 Å². The Kier molecular flexibility index (Phi) is 17.1. The molecule has 0 aliphatic carbocycles. The smallest absolute Gasteiger partial charge is 0.259 e. The standard InChI is InChI=1S/C48H57ClN8O8S2/c1-30-41(67-29-53-30)32-12-10-31(11-13-32)25-52-43(60)39-23-35(58)27-55(39)44(61)42(47(2,3)4)54-40(59)28-64-20-9-19-63-18-7-8-21-65-36-16-14-33(15-17-36)57-46(66)56(45(62)48(57,5)6)34-22-37(49)38(24-50)51-26-34/h10-17,22,26,29,35,39,42,58H,7-9,18-21,23,25,27-28H2,1-6H3,(H,52,60)(H,54,59)/t35-,39+,42?/m1/s1. The lowest BCUT2D eigenvalue weighted by atomic mass is 9.85. The van der Waals surface area contributed by atoms with Crippen LogP contribution in [0.25, 0.3) is 10.4 Å². The lowest BCUT2D eigenvalue weighted by Crippen LogP contribution is -2.58. The Morgan fingerprint density at radius 1 is 1.01 bits per heavy atom. The van der Waals surface area contributed by atoms with Crippen molar-refractivity contribution < 1.29 is 38.5 Å². The van der Waals surface area contributed by atoms with Gasteiger partial charge in [-0.1, -0.05) is 56.6 Å². The van der Waals surface area contributed by atoms with Gasteiger partial charge in [0.25, 0.3) is 5.91 Å². The van der Waals surface area contributed by atoms with Crippen LogP contribution in [0.4, 0.5) is 11.4 Å². The normalized spacial score (nSPS) is 17.4. The lowest BCUT2D eigenvalue weighted by molar-refractivity contribution is -0.144. The Morgan fingerprint density at radius 3 is 2.36 bits per heavy atom. The molecule has 1 unspecified atom stereocenters. The van der Waals surface area contributed by atoms with E-state index in [1.54, 1.807) is 30.1 Å². The molecule has 356 valence electrons. The van der Waals surface area contributed by atoms with Gasteiger partial charge in [-0.25, -0.2) is 9.97 Å². The number of nitriles is 1. The number of thiazole rings is 1. The molecule has 6 rings (SSSR count). The lowest BCUT2D eigenvalue weighted by Gasteiger charge is -2.35. The zero-order valence-electron chi connectivity index (χ0n) is 38.5. The van der Waals surface area contributed by atoms with Crippen molar-refractivity contribution in [2.24, 2.45) is 5.41 Å². The number of carbonyl (C=O) groups excluding carboxylic acids is 4. The van der Waals surface area contributed by atoms with Gasteiger partial charge in [0.1, 0.15) is 36.0 Å². The topological polar surface area (TPSA) is 200 Å². The first-order valence-corrected chi connectivity index (χ1v) is 23.7. The molecule has 2 aliphatic heterocycles. The number of benzene rings is 2. The number of nitrogens with zero attached hydrogens (tertiary/aromatic N) is 6. The first kappa shape index (κ1) is 50.9. The van der Waals surface area contributed by atoms with Gasteiger partial charge in [-0.2, -0.15) is 5.26 Å². The number of hydrogen-bond donors (Lipinski definition) is 3. The molecule has 0 radical (unpaired) electrons. The monoisotopic (exact) mass is 972 g/mol. The third-order valence-corrected chi connectivity index (χ3v) is 13.1. The summed E-state index contributed by atoms with van der Waals surface area (Å²) in [7, 11) is 0. The minimum atomic E-state index is -0.996. The van der Waals surface area contributed by atoms with Crippen LogP contribution in [0, 0.1) is 23.7 Å². The fourth-order valence-corrected chi connectivity index (χ4v) is 9.33. The van der Waals surface area contributed by atoms with E-state index in [4.69, 9.17) is 38.0 Å². The third kappa shape index (κ3) is 12.5. The maximum absolute atomic E-state index is 13.9. The Hall–Kier alpha value is -5.55. The highest BCUT2D eigenvalue weighted by molar-refractivity contribution is 7.81. The predicted octanol–water partition coefficient (Wildman–Crippen LogP) is 6.35. The van der Waals surface area contributed by atoms with Gasteiger partial charge < -0.3 is 39.8 Å². The number of likely N-dealkylation sites (tertiary alicyclic amines) is 1. The number of ether oxygens (including phenoxy) is 3. The zero-order valence-corrected chi connectivity index (χ0v) is 40.9. The molecule has 19 heteroatoms. The van der Waals surface area contributed by atoms with E-state index in [-0.39, 0.29) is 60.4 Å². The number of anilines is 2. The number of carbonyl (C=O) groups is 4. The van der Waals surface area contributed by atoms with E-state index in [1.807, 2.05) is 87.8 Å². The van der Waals surface area contributed by atoms with Crippen LogP contribution in [-0.4, -0.2) is 112 Å². The van der Waals surface area contributed by atoms with Crippen LogP contribution in [0.5, 0.6) is 5.75 Å². The summed E-state index contributed by atoms with van der Waals surface area (Å²) in [5, 5.41) is 25.9. The number of halogens is 1. The number of pyridine rings is 1. The molecule has 4 aromatic rings. The van der Waals surface area contributed by atoms with Gasteiger partial charge in [0.15, 0.2) is 10.8 Å².